The minimum absolute atomic E-state index is 0.300. The lowest BCUT2D eigenvalue weighted by atomic mass is 10.1. The molecule has 1 aliphatic carbocycles. The zero-order valence-corrected chi connectivity index (χ0v) is 10.6. The fourth-order valence-corrected chi connectivity index (χ4v) is 2.77. The van der Waals surface area contributed by atoms with Crippen LogP contribution in [0.3, 0.4) is 0 Å². The summed E-state index contributed by atoms with van der Waals surface area (Å²) < 4.78 is 13.9. The van der Waals surface area contributed by atoms with Crippen LogP contribution in [0.5, 0.6) is 0 Å². The number of nitrogen functional groups attached to an aromatic ring is 1. The van der Waals surface area contributed by atoms with E-state index in [2.05, 4.69) is 26.3 Å². The van der Waals surface area contributed by atoms with Crippen molar-refractivity contribution in [2.45, 2.75) is 19.3 Å². The molecule has 1 aliphatic rings. The molecule has 0 saturated heterocycles. The highest BCUT2D eigenvalue weighted by molar-refractivity contribution is 9.10. The number of aromatic nitrogens is 1. The van der Waals surface area contributed by atoms with Crippen LogP contribution in [0.2, 0.25) is 0 Å². The fraction of sp³-hybridized carbons (Fsp3) is 0.250. The van der Waals surface area contributed by atoms with Crippen molar-refractivity contribution in [1.29, 1.82) is 0 Å². The summed E-state index contributed by atoms with van der Waals surface area (Å²) in [5.41, 5.74) is 6.46. The maximum atomic E-state index is 13.5. The Balaban J connectivity index is 2.41. The lowest BCUT2D eigenvalue weighted by Gasteiger charge is -2.12. The van der Waals surface area contributed by atoms with E-state index in [1.807, 2.05) is 0 Å². The second-order valence-electron chi connectivity index (χ2n) is 4.19. The van der Waals surface area contributed by atoms with E-state index in [4.69, 9.17) is 5.84 Å². The van der Waals surface area contributed by atoms with Crippen molar-refractivity contribution < 1.29 is 4.39 Å². The van der Waals surface area contributed by atoms with Gasteiger partial charge in [-0.15, -0.1) is 0 Å². The lowest BCUT2D eigenvalue weighted by Crippen LogP contribution is -2.10. The van der Waals surface area contributed by atoms with Crippen LogP contribution in [0.15, 0.2) is 16.6 Å². The van der Waals surface area contributed by atoms with E-state index in [1.54, 1.807) is 6.07 Å². The highest BCUT2D eigenvalue weighted by atomic mass is 79.9. The van der Waals surface area contributed by atoms with E-state index >= 15 is 0 Å². The highest BCUT2D eigenvalue weighted by Gasteiger charge is 2.19. The highest BCUT2D eigenvalue weighted by Crippen LogP contribution is 2.35. The average Bonchev–Trinajstić information content (AvgIpc) is 2.75. The van der Waals surface area contributed by atoms with Crippen molar-refractivity contribution in [2.24, 2.45) is 5.84 Å². The third-order valence-corrected chi connectivity index (χ3v) is 3.81. The number of nitrogens with one attached hydrogen (secondary N) is 1. The summed E-state index contributed by atoms with van der Waals surface area (Å²) in [4.78, 5) is 4.51. The molecule has 0 aliphatic heterocycles. The van der Waals surface area contributed by atoms with Crippen molar-refractivity contribution in [2.75, 3.05) is 5.43 Å². The van der Waals surface area contributed by atoms with Gasteiger partial charge < -0.3 is 5.43 Å². The summed E-state index contributed by atoms with van der Waals surface area (Å²) in [7, 11) is 0. The quantitative estimate of drug-likeness (QED) is 0.628. The summed E-state index contributed by atoms with van der Waals surface area (Å²) in [6.45, 7) is 0. The van der Waals surface area contributed by atoms with Gasteiger partial charge in [-0.25, -0.2) is 4.39 Å². The molecule has 0 spiro atoms. The van der Waals surface area contributed by atoms with Crippen molar-refractivity contribution in [3.63, 3.8) is 0 Å². The number of halogens is 2. The molecular formula is C12H11BrFN3. The number of hydrogen-bond donors (Lipinski definition) is 2. The Morgan fingerprint density at radius 1 is 1.35 bits per heavy atom. The number of benzene rings is 1. The monoisotopic (exact) mass is 295 g/mol. The minimum atomic E-state index is -0.300. The molecule has 3 nitrogen and oxygen atoms in total. The van der Waals surface area contributed by atoms with Crippen LogP contribution in [0, 0.1) is 5.82 Å². The number of nitrogens with two attached hydrogens (primary N) is 1. The van der Waals surface area contributed by atoms with Crippen molar-refractivity contribution >= 4 is 32.5 Å². The molecule has 3 N–H and O–H groups in total. The molecule has 5 heteroatoms. The Morgan fingerprint density at radius 3 is 2.94 bits per heavy atom. The van der Waals surface area contributed by atoms with E-state index in [0.717, 1.165) is 36.0 Å². The normalized spacial score (nSPS) is 14.1. The molecule has 0 atom stereocenters. The largest absolute Gasteiger partial charge is 0.323 e. The smallest absolute Gasteiger partial charge is 0.139 e. The van der Waals surface area contributed by atoms with E-state index < -0.39 is 0 Å². The van der Waals surface area contributed by atoms with Crippen LogP contribution >= 0.6 is 15.9 Å². The summed E-state index contributed by atoms with van der Waals surface area (Å²) >= 11 is 3.19. The molecular weight excluding hydrogens is 285 g/mol. The molecule has 2 aromatic rings. The van der Waals surface area contributed by atoms with Crippen LogP contribution in [0.1, 0.15) is 17.7 Å². The second-order valence-corrected chi connectivity index (χ2v) is 5.05. The van der Waals surface area contributed by atoms with Crippen molar-refractivity contribution in [1.82, 2.24) is 4.98 Å². The molecule has 0 amide bonds. The van der Waals surface area contributed by atoms with Crippen molar-refractivity contribution in [3.8, 4) is 0 Å². The van der Waals surface area contributed by atoms with Gasteiger partial charge in [-0.1, -0.05) is 0 Å². The Labute approximate surface area is 106 Å². The molecule has 0 unspecified atom stereocenters. The predicted octanol–water partition coefficient (Wildman–Crippen LogP) is 2.91. The Morgan fingerprint density at radius 2 is 2.18 bits per heavy atom. The van der Waals surface area contributed by atoms with Crippen LogP contribution < -0.4 is 11.3 Å². The van der Waals surface area contributed by atoms with Crippen LogP contribution in [-0.2, 0) is 12.8 Å². The summed E-state index contributed by atoms with van der Waals surface area (Å²) in [6, 6.07) is 3.17. The number of pyridine rings is 1. The summed E-state index contributed by atoms with van der Waals surface area (Å²) in [6.07, 6.45) is 3.00. The molecule has 1 aromatic heterocycles. The third-order valence-electron chi connectivity index (χ3n) is 3.20. The lowest BCUT2D eigenvalue weighted by molar-refractivity contribution is 0.622. The Hall–Kier alpha value is -1.20. The minimum Gasteiger partial charge on any atom is -0.323 e. The number of hydrazine groups is 1. The van der Waals surface area contributed by atoms with Gasteiger partial charge in [0.25, 0.3) is 0 Å². The number of hydrogen-bond acceptors (Lipinski definition) is 3. The zero-order valence-electron chi connectivity index (χ0n) is 9.06. The van der Waals surface area contributed by atoms with Gasteiger partial charge in [-0.05, 0) is 46.8 Å². The topological polar surface area (TPSA) is 50.9 Å². The van der Waals surface area contributed by atoms with E-state index in [9.17, 15) is 4.39 Å². The first-order chi connectivity index (χ1) is 8.20. The maximum absolute atomic E-state index is 13.5. The summed E-state index contributed by atoms with van der Waals surface area (Å²) in [5.74, 6) is 5.29. The molecule has 1 aromatic carbocycles. The summed E-state index contributed by atoms with van der Waals surface area (Å²) in [5, 5.41) is 0.862. The molecule has 0 bridgehead atoms. The number of aryl methyl sites for hydroxylation is 1. The van der Waals surface area contributed by atoms with Gasteiger partial charge in [-0.3, -0.25) is 10.8 Å². The van der Waals surface area contributed by atoms with E-state index in [-0.39, 0.29) is 5.82 Å². The SMILES string of the molecule is NNc1c2c(nc3cc(F)c(Br)cc13)CCC2. The molecule has 0 radical (unpaired) electrons. The number of fused-ring (bicyclic) bond motifs is 2. The van der Waals surface area contributed by atoms with Gasteiger partial charge in [-0.2, -0.15) is 0 Å². The molecule has 0 fully saturated rings. The first kappa shape index (κ1) is 10.9. The van der Waals surface area contributed by atoms with Gasteiger partial charge >= 0.3 is 0 Å². The van der Waals surface area contributed by atoms with Crippen LogP contribution in [0.4, 0.5) is 10.1 Å². The van der Waals surface area contributed by atoms with Gasteiger partial charge in [0.15, 0.2) is 0 Å². The molecule has 1 heterocycles. The Kier molecular flexibility index (Phi) is 2.52. The van der Waals surface area contributed by atoms with Crippen molar-refractivity contribution in [3.05, 3.63) is 33.7 Å². The van der Waals surface area contributed by atoms with Crippen LogP contribution in [-0.4, -0.2) is 4.98 Å². The Bertz CT molecular complexity index is 612. The average molecular weight is 296 g/mol. The molecule has 0 saturated carbocycles. The molecule has 17 heavy (non-hydrogen) atoms. The first-order valence-electron chi connectivity index (χ1n) is 5.48. The number of anilines is 1. The molecule has 88 valence electrons. The van der Waals surface area contributed by atoms with Crippen LogP contribution in [0.25, 0.3) is 10.9 Å². The van der Waals surface area contributed by atoms with Gasteiger partial charge in [0, 0.05) is 17.1 Å². The fourth-order valence-electron chi connectivity index (χ4n) is 2.42. The first-order valence-corrected chi connectivity index (χ1v) is 6.27. The standard InChI is InChI=1S/C12H11BrFN3/c13-8-4-7-11(5-9(8)14)16-10-3-1-2-6(10)12(7)17-15/h4-5H,1-3,15H2,(H,16,17). The number of rotatable bonds is 1. The van der Waals surface area contributed by atoms with E-state index in [1.165, 1.54) is 11.6 Å². The second kappa shape index (κ2) is 3.92. The predicted molar refractivity (Wildman–Crippen MR) is 69.2 cm³/mol. The van der Waals surface area contributed by atoms with Gasteiger partial charge in [0.1, 0.15) is 5.82 Å². The van der Waals surface area contributed by atoms with Gasteiger partial charge in [0.05, 0.1) is 15.7 Å². The maximum Gasteiger partial charge on any atom is 0.139 e. The van der Waals surface area contributed by atoms with Gasteiger partial charge in [0.2, 0.25) is 0 Å². The molecule has 3 rings (SSSR count). The van der Waals surface area contributed by atoms with E-state index in [0.29, 0.717) is 9.99 Å². The number of nitrogens with zero attached hydrogens (tertiary/aromatic N) is 1. The third kappa shape index (κ3) is 1.61. The zero-order chi connectivity index (χ0) is 12.0.